The Balaban J connectivity index is 1.73. The molecule has 2 fully saturated rings. The molecule has 2 aliphatic rings. The van der Waals surface area contributed by atoms with Crippen molar-refractivity contribution < 1.29 is 4.79 Å². The predicted molar refractivity (Wildman–Crippen MR) is 81.4 cm³/mol. The molecule has 2 heterocycles. The van der Waals surface area contributed by atoms with Gasteiger partial charge in [-0.2, -0.15) is 11.8 Å². The Morgan fingerprint density at radius 3 is 2.72 bits per heavy atom. The third kappa shape index (κ3) is 4.07. The summed E-state index contributed by atoms with van der Waals surface area (Å²) in [5.74, 6) is 4.52. The van der Waals surface area contributed by atoms with Crippen molar-refractivity contribution in [2.24, 2.45) is 5.92 Å². The molecule has 0 aromatic rings. The number of carbonyl (C=O) groups is 1. The van der Waals surface area contributed by atoms with E-state index in [1.165, 1.54) is 18.6 Å². The van der Waals surface area contributed by atoms with Gasteiger partial charge in [-0.05, 0) is 31.8 Å². The maximum Gasteiger partial charge on any atom is 0.236 e. The van der Waals surface area contributed by atoms with Crippen LogP contribution < -0.4 is 5.32 Å². The summed E-state index contributed by atoms with van der Waals surface area (Å²) in [7, 11) is 0. The summed E-state index contributed by atoms with van der Waals surface area (Å²) in [6.07, 6.45) is 2.34. The number of thioether (sulfide) groups is 2. The largest absolute Gasteiger partial charge is 0.342 e. The lowest BCUT2D eigenvalue weighted by Gasteiger charge is -2.35. The van der Waals surface area contributed by atoms with Crippen LogP contribution in [0.3, 0.4) is 0 Å². The number of carbonyl (C=O) groups excluding carboxylic acids is 1. The monoisotopic (exact) mass is 288 g/mol. The molecule has 5 heteroatoms. The minimum Gasteiger partial charge on any atom is -0.342 e. The van der Waals surface area contributed by atoms with Crippen LogP contribution in [0.15, 0.2) is 0 Å². The van der Waals surface area contributed by atoms with Gasteiger partial charge in [0.1, 0.15) is 0 Å². The second kappa shape index (κ2) is 7.65. The average molecular weight is 288 g/mol. The average Bonchev–Trinajstić information content (AvgIpc) is 2.46. The third-order valence-electron chi connectivity index (χ3n) is 3.70. The molecular weight excluding hydrogens is 264 g/mol. The molecule has 2 aliphatic heterocycles. The number of nitrogens with zero attached hydrogens (tertiary/aromatic N) is 1. The van der Waals surface area contributed by atoms with Crippen LogP contribution in [0, 0.1) is 5.92 Å². The molecule has 1 amide bonds. The minimum atomic E-state index is 0.231. The quantitative estimate of drug-likeness (QED) is 0.853. The van der Waals surface area contributed by atoms with Gasteiger partial charge < -0.3 is 10.2 Å². The van der Waals surface area contributed by atoms with Crippen molar-refractivity contribution in [1.29, 1.82) is 0 Å². The van der Waals surface area contributed by atoms with Crippen molar-refractivity contribution in [3.05, 3.63) is 0 Å². The first-order valence-electron chi connectivity index (χ1n) is 7.00. The summed E-state index contributed by atoms with van der Waals surface area (Å²) >= 11 is 3.78. The molecular formula is C13H24N2OS2. The summed E-state index contributed by atoms with van der Waals surface area (Å²) < 4.78 is 0. The van der Waals surface area contributed by atoms with Gasteiger partial charge in [-0.25, -0.2) is 0 Å². The first kappa shape index (κ1) is 14.5. The van der Waals surface area contributed by atoms with E-state index in [-0.39, 0.29) is 5.25 Å². The molecule has 0 aromatic heterocycles. The molecule has 1 unspecified atom stereocenters. The fourth-order valence-electron chi connectivity index (χ4n) is 2.54. The number of rotatable bonds is 4. The van der Waals surface area contributed by atoms with Crippen LogP contribution in [0.25, 0.3) is 0 Å². The van der Waals surface area contributed by atoms with Gasteiger partial charge in [-0.3, -0.25) is 4.79 Å². The maximum absolute atomic E-state index is 12.3. The van der Waals surface area contributed by atoms with Crippen molar-refractivity contribution in [2.45, 2.75) is 25.0 Å². The Morgan fingerprint density at radius 1 is 1.33 bits per heavy atom. The first-order valence-corrected chi connectivity index (χ1v) is 9.20. The lowest BCUT2D eigenvalue weighted by Crippen LogP contribution is -2.45. The number of nitrogens with one attached hydrogen (secondary N) is 1. The Morgan fingerprint density at radius 2 is 2.11 bits per heavy atom. The maximum atomic E-state index is 12.3. The van der Waals surface area contributed by atoms with Crippen LogP contribution in [-0.2, 0) is 4.79 Å². The van der Waals surface area contributed by atoms with Gasteiger partial charge >= 0.3 is 0 Å². The van der Waals surface area contributed by atoms with Crippen LogP contribution in [-0.4, -0.2) is 59.5 Å². The normalized spacial score (nSPS) is 26.3. The number of hydrogen-bond acceptors (Lipinski definition) is 4. The van der Waals surface area contributed by atoms with E-state index in [1.54, 1.807) is 0 Å². The van der Waals surface area contributed by atoms with E-state index < -0.39 is 0 Å². The highest BCUT2D eigenvalue weighted by atomic mass is 32.2. The molecule has 3 nitrogen and oxygen atoms in total. The molecule has 2 rings (SSSR count). The Hall–Kier alpha value is 0.130. The predicted octanol–water partition coefficient (Wildman–Crippen LogP) is 1.68. The number of amides is 1. The van der Waals surface area contributed by atoms with E-state index in [2.05, 4.69) is 17.1 Å². The van der Waals surface area contributed by atoms with E-state index in [4.69, 9.17) is 0 Å². The van der Waals surface area contributed by atoms with E-state index in [9.17, 15) is 4.79 Å². The zero-order valence-corrected chi connectivity index (χ0v) is 12.8. The minimum absolute atomic E-state index is 0.231. The van der Waals surface area contributed by atoms with Gasteiger partial charge in [0.05, 0.1) is 5.25 Å². The molecule has 0 bridgehead atoms. The van der Waals surface area contributed by atoms with Crippen LogP contribution >= 0.6 is 23.5 Å². The van der Waals surface area contributed by atoms with E-state index in [0.717, 1.165) is 43.6 Å². The topological polar surface area (TPSA) is 32.3 Å². The second-order valence-electron chi connectivity index (χ2n) is 5.01. The van der Waals surface area contributed by atoms with E-state index in [1.807, 2.05) is 23.5 Å². The van der Waals surface area contributed by atoms with Gasteiger partial charge in [-0.15, -0.1) is 11.8 Å². The van der Waals surface area contributed by atoms with Gasteiger partial charge in [0, 0.05) is 30.3 Å². The van der Waals surface area contributed by atoms with Crippen LogP contribution in [0.4, 0.5) is 0 Å². The molecule has 0 radical (unpaired) electrons. The van der Waals surface area contributed by atoms with Gasteiger partial charge in [0.15, 0.2) is 0 Å². The Kier molecular flexibility index (Phi) is 6.18. The van der Waals surface area contributed by atoms with Crippen LogP contribution in [0.2, 0.25) is 0 Å². The molecule has 0 spiro atoms. The summed E-state index contributed by atoms with van der Waals surface area (Å²) in [4.78, 5) is 14.5. The fraction of sp³-hybridized carbons (Fsp3) is 0.923. The molecule has 18 heavy (non-hydrogen) atoms. The first-order chi connectivity index (χ1) is 8.81. The molecule has 0 saturated carbocycles. The second-order valence-corrected chi connectivity index (χ2v) is 7.47. The van der Waals surface area contributed by atoms with Crippen molar-refractivity contribution in [1.82, 2.24) is 10.2 Å². The van der Waals surface area contributed by atoms with Gasteiger partial charge in [0.25, 0.3) is 0 Å². The molecule has 104 valence electrons. The summed E-state index contributed by atoms with van der Waals surface area (Å²) in [6.45, 7) is 6.26. The van der Waals surface area contributed by atoms with Crippen molar-refractivity contribution in [3.8, 4) is 0 Å². The summed E-state index contributed by atoms with van der Waals surface area (Å²) in [6, 6.07) is 0. The zero-order valence-electron chi connectivity index (χ0n) is 11.2. The molecule has 0 aliphatic carbocycles. The number of hydrogen-bond donors (Lipinski definition) is 1. The molecule has 0 aromatic carbocycles. The number of piperidine rings is 1. The highest BCUT2D eigenvalue weighted by Gasteiger charge is 2.29. The summed E-state index contributed by atoms with van der Waals surface area (Å²) in [5.41, 5.74) is 0. The van der Waals surface area contributed by atoms with Crippen molar-refractivity contribution >= 4 is 29.4 Å². The summed E-state index contributed by atoms with van der Waals surface area (Å²) in [5, 5.41) is 3.65. The zero-order chi connectivity index (χ0) is 12.8. The van der Waals surface area contributed by atoms with Crippen molar-refractivity contribution in [2.75, 3.05) is 43.4 Å². The number of likely N-dealkylation sites (tertiary alicyclic amines) is 1. The Bertz CT molecular complexity index is 262. The third-order valence-corrected chi connectivity index (χ3v) is 6.44. The van der Waals surface area contributed by atoms with E-state index in [0.29, 0.717) is 5.91 Å². The van der Waals surface area contributed by atoms with E-state index >= 15 is 0 Å². The highest BCUT2D eigenvalue weighted by Crippen LogP contribution is 2.27. The molecule has 1 atom stereocenters. The lowest BCUT2D eigenvalue weighted by molar-refractivity contribution is -0.131. The van der Waals surface area contributed by atoms with Gasteiger partial charge in [-0.1, -0.05) is 6.92 Å². The lowest BCUT2D eigenvalue weighted by atomic mass is 9.96. The molecule has 2 saturated heterocycles. The SMILES string of the molecule is CCNCC1CCN(C(=O)C2CSCCS2)CC1. The van der Waals surface area contributed by atoms with Crippen LogP contribution in [0.5, 0.6) is 0 Å². The smallest absolute Gasteiger partial charge is 0.236 e. The van der Waals surface area contributed by atoms with Crippen LogP contribution in [0.1, 0.15) is 19.8 Å². The standard InChI is InChI=1S/C13H24N2OS2/c1-2-14-9-11-3-5-15(6-4-11)13(16)12-10-17-7-8-18-12/h11-12,14H,2-10H2,1H3. The van der Waals surface area contributed by atoms with Crippen molar-refractivity contribution in [3.63, 3.8) is 0 Å². The Labute approximate surface area is 119 Å². The highest BCUT2D eigenvalue weighted by molar-refractivity contribution is 8.07. The van der Waals surface area contributed by atoms with Gasteiger partial charge in [0.2, 0.25) is 5.91 Å². The molecule has 1 N–H and O–H groups in total. The fourth-order valence-corrected chi connectivity index (χ4v) is 5.17.